The second-order valence-electron chi connectivity index (χ2n) is 6.24. The summed E-state index contributed by atoms with van der Waals surface area (Å²) in [7, 11) is 1.54. The molecule has 0 fully saturated rings. The van der Waals surface area contributed by atoms with Gasteiger partial charge in [-0.25, -0.2) is 4.98 Å². The van der Waals surface area contributed by atoms with Crippen LogP contribution >= 0.6 is 11.6 Å². The number of rotatable bonds is 8. The highest BCUT2D eigenvalue weighted by molar-refractivity contribution is 6.31. The van der Waals surface area contributed by atoms with Gasteiger partial charge in [0.25, 0.3) is 5.91 Å². The molecule has 0 spiro atoms. The van der Waals surface area contributed by atoms with E-state index < -0.39 is 0 Å². The third-order valence-electron chi connectivity index (χ3n) is 4.22. The molecule has 0 aliphatic heterocycles. The zero-order valence-corrected chi connectivity index (χ0v) is 16.4. The minimum atomic E-state index is -0.254. The van der Waals surface area contributed by atoms with Gasteiger partial charge in [0.15, 0.2) is 0 Å². The van der Waals surface area contributed by atoms with Crippen molar-refractivity contribution in [2.45, 2.75) is 12.8 Å². The Balaban J connectivity index is 1.58. The number of carbonyl (C=O) groups is 1. The summed E-state index contributed by atoms with van der Waals surface area (Å²) in [5, 5.41) is 6.62. The molecule has 0 saturated heterocycles. The predicted molar refractivity (Wildman–Crippen MR) is 113 cm³/mol. The van der Waals surface area contributed by atoms with Crippen LogP contribution in [0.4, 0.5) is 11.5 Å². The molecule has 6 heteroatoms. The first-order chi connectivity index (χ1) is 13.7. The zero-order valence-electron chi connectivity index (χ0n) is 15.6. The Hall–Kier alpha value is -3.05. The van der Waals surface area contributed by atoms with E-state index in [1.807, 2.05) is 18.2 Å². The number of pyridine rings is 1. The van der Waals surface area contributed by atoms with Crippen LogP contribution in [0.2, 0.25) is 5.02 Å². The van der Waals surface area contributed by atoms with Crippen molar-refractivity contribution in [3.63, 3.8) is 0 Å². The summed E-state index contributed by atoms with van der Waals surface area (Å²) in [5.74, 6) is 0.958. The lowest BCUT2D eigenvalue weighted by atomic mass is 10.1. The Morgan fingerprint density at radius 1 is 1.11 bits per heavy atom. The Kier molecular flexibility index (Phi) is 6.87. The Morgan fingerprint density at radius 2 is 1.93 bits per heavy atom. The number of hydrogen-bond donors (Lipinski definition) is 2. The average Bonchev–Trinajstić information content (AvgIpc) is 2.72. The minimum Gasteiger partial charge on any atom is -0.495 e. The number of methoxy groups -OCH3 is 1. The predicted octanol–water partition coefficient (Wildman–Crippen LogP) is 5.04. The monoisotopic (exact) mass is 395 g/mol. The van der Waals surface area contributed by atoms with Gasteiger partial charge in [-0.15, -0.1) is 0 Å². The van der Waals surface area contributed by atoms with Crippen LogP contribution in [0, 0.1) is 0 Å². The van der Waals surface area contributed by atoms with Gasteiger partial charge in [-0.3, -0.25) is 4.79 Å². The maximum absolute atomic E-state index is 12.6. The molecule has 5 nitrogen and oxygen atoms in total. The lowest BCUT2D eigenvalue weighted by Crippen LogP contribution is -2.14. The van der Waals surface area contributed by atoms with Crippen molar-refractivity contribution in [3.8, 4) is 5.75 Å². The van der Waals surface area contributed by atoms with Crippen LogP contribution in [0.1, 0.15) is 22.3 Å². The number of aryl methyl sites for hydroxylation is 1. The Bertz CT molecular complexity index is 932. The fourth-order valence-electron chi connectivity index (χ4n) is 2.79. The van der Waals surface area contributed by atoms with Crippen molar-refractivity contribution < 1.29 is 9.53 Å². The molecule has 1 aromatic heterocycles. The molecule has 2 aromatic carbocycles. The van der Waals surface area contributed by atoms with E-state index in [2.05, 4.69) is 27.8 Å². The van der Waals surface area contributed by atoms with E-state index in [4.69, 9.17) is 16.3 Å². The topological polar surface area (TPSA) is 63.2 Å². The summed E-state index contributed by atoms with van der Waals surface area (Å²) in [4.78, 5) is 16.9. The smallest absolute Gasteiger partial charge is 0.255 e. The molecule has 0 aliphatic carbocycles. The van der Waals surface area contributed by atoms with Gasteiger partial charge in [-0.05, 0) is 48.7 Å². The molecule has 2 N–H and O–H groups in total. The van der Waals surface area contributed by atoms with E-state index >= 15 is 0 Å². The summed E-state index contributed by atoms with van der Waals surface area (Å²) >= 11 is 6.02. The lowest BCUT2D eigenvalue weighted by molar-refractivity contribution is 0.102. The molecule has 1 amide bonds. The van der Waals surface area contributed by atoms with Gasteiger partial charge in [0.1, 0.15) is 11.6 Å². The van der Waals surface area contributed by atoms with Gasteiger partial charge in [0.2, 0.25) is 0 Å². The van der Waals surface area contributed by atoms with E-state index in [0.29, 0.717) is 27.8 Å². The van der Waals surface area contributed by atoms with Gasteiger partial charge >= 0.3 is 0 Å². The summed E-state index contributed by atoms with van der Waals surface area (Å²) in [6, 6.07) is 18.8. The first-order valence-corrected chi connectivity index (χ1v) is 9.42. The van der Waals surface area contributed by atoms with Gasteiger partial charge < -0.3 is 15.4 Å². The Morgan fingerprint density at radius 3 is 2.71 bits per heavy atom. The maximum atomic E-state index is 12.6. The quantitative estimate of drug-likeness (QED) is 0.524. The first-order valence-electron chi connectivity index (χ1n) is 9.04. The summed E-state index contributed by atoms with van der Waals surface area (Å²) in [6.45, 7) is 0.773. The van der Waals surface area contributed by atoms with Crippen molar-refractivity contribution in [2.24, 2.45) is 0 Å². The number of nitrogens with one attached hydrogen (secondary N) is 2. The van der Waals surface area contributed by atoms with E-state index in [1.165, 1.54) is 5.56 Å². The zero-order chi connectivity index (χ0) is 19.8. The number of benzene rings is 2. The number of nitrogens with zero attached hydrogens (tertiary/aromatic N) is 1. The molecule has 0 atom stereocenters. The standard InChI is InChI=1S/C22H22ClN3O2/c1-28-20-10-9-18(23)15-19(20)26-22(27)17-11-13-25-21(14-17)24-12-5-8-16-6-3-2-4-7-16/h2-4,6-7,9-11,13-15H,5,8,12H2,1H3,(H,24,25)(H,26,27). The molecule has 0 saturated carbocycles. The fourth-order valence-corrected chi connectivity index (χ4v) is 2.97. The van der Waals surface area contributed by atoms with E-state index in [0.717, 1.165) is 19.4 Å². The van der Waals surface area contributed by atoms with E-state index in [9.17, 15) is 4.79 Å². The fraction of sp³-hybridized carbons (Fsp3) is 0.182. The summed E-state index contributed by atoms with van der Waals surface area (Å²) < 4.78 is 5.26. The number of hydrogen-bond acceptors (Lipinski definition) is 4. The highest BCUT2D eigenvalue weighted by Crippen LogP contribution is 2.28. The van der Waals surface area contributed by atoms with E-state index in [-0.39, 0.29) is 5.91 Å². The molecule has 3 aromatic rings. The third-order valence-corrected chi connectivity index (χ3v) is 4.46. The summed E-state index contributed by atoms with van der Waals surface area (Å²) in [6.07, 6.45) is 3.58. The van der Waals surface area contributed by atoms with Gasteiger partial charge in [0.05, 0.1) is 12.8 Å². The molecule has 3 rings (SSSR count). The molecule has 144 valence electrons. The van der Waals surface area contributed by atoms with Crippen LogP contribution in [-0.2, 0) is 6.42 Å². The minimum absolute atomic E-state index is 0.254. The van der Waals surface area contributed by atoms with Crippen molar-refractivity contribution >= 4 is 29.0 Å². The largest absolute Gasteiger partial charge is 0.495 e. The second kappa shape index (κ2) is 9.76. The molecule has 28 heavy (non-hydrogen) atoms. The summed E-state index contributed by atoms with van der Waals surface area (Å²) in [5.41, 5.74) is 2.33. The Labute approximate surface area is 169 Å². The van der Waals surface area contributed by atoms with Gasteiger partial charge in [-0.2, -0.15) is 0 Å². The highest BCUT2D eigenvalue weighted by atomic mass is 35.5. The van der Waals surface area contributed by atoms with Crippen LogP contribution in [0.5, 0.6) is 5.75 Å². The van der Waals surface area contributed by atoms with E-state index in [1.54, 1.807) is 43.6 Å². The molecular formula is C22H22ClN3O2. The van der Waals surface area contributed by atoms with Crippen LogP contribution in [0.15, 0.2) is 66.9 Å². The molecule has 0 aliphatic rings. The number of halogens is 1. The number of aromatic nitrogens is 1. The molecule has 0 bridgehead atoms. The van der Waals surface area contributed by atoms with Crippen LogP contribution in [-0.4, -0.2) is 24.5 Å². The van der Waals surface area contributed by atoms with Gasteiger partial charge in [-0.1, -0.05) is 41.9 Å². The molecule has 0 radical (unpaired) electrons. The van der Waals surface area contributed by atoms with Crippen LogP contribution < -0.4 is 15.4 Å². The van der Waals surface area contributed by atoms with Crippen LogP contribution in [0.25, 0.3) is 0 Å². The first kappa shape index (κ1) is 19.7. The SMILES string of the molecule is COc1ccc(Cl)cc1NC(=O)c1ccnc(NCCCc2ccccc2)c1. The molecule has 1 heterocycles. The van der Waals surface area contributed by atoms with Crippen LogP contribution in [0.3, 0.4) is 0 Å². The normalized spacial score (nSPS) is 10.4. The molecule has 0 unspecified atom stereocenters. The van der Waals surface area contributed by atoms with Crippen molar-refractivity contribution in [1.82, 2.24) is 4.98 Å². The second-order valence-corrected chi connectivity index (χ2v) is 6.68. The average molecular weight is 396 g/mol. The number of amides is 1. The lowest BCUT2D eigenvalue weighted by Gasteiger charge is -2.11. The maximum Gasteiger partial charge on any atom is 0.255 e. The highest BCUT2D eigenvalue weighted by Gasteiger charge is 2.11. The number of ether oxygens (including phenoxy) is 1. The van der Waals surface area contributed by atoms with Crippen molar-refractivity contribution in [3.05, 3.63) is 83.0 Å². The number of carbonyl (C=O) groups excluding carboxylic acids is 1. The third kappa shape index (κ3) is 5.47. The van der Waals surface area contributed by atoms with Crippen molar-refractivity contribution in [2.75, 3.05) is 24.3 Å². The number of anilines is 2. The molecular weight excluding hydrogens is 374 g/mol. The van der Waals surface area contributed by atoms with Gasteiger partial charge in [0, 0.05) is 23.3 Å². The van der Waals surface area contributed by atoms with Crippen molar-refractivity contribution in [1.29, 1.82) is 0 Å².